The Labute approximate surface area is 145 Å². The molecular weight excluding hydrogens is 326 g/mol. The summed E-state index contributed by atoms with van der Waals surface area (Å²) in [4.78, 5) is 15.9. The van der Waals surface area contributed by atoms with Crippen molar-refractivity contribution < 1.29 is 19.0 Å². The van der Waals surface area contributed by atoms with E-state index in [0.717, 1.165) is 6.42 Å². The first-order chi connectivity index (χ1) is 12.2. The maximum Gasteiger partial charge on any atom is 0.321 e. The SMILES string of the molecule is COc1cc(NC(=O)N2CCC(n3nccn3)C2)cc(OC)c1OC. The maximum atomic E-state index is 12.5. The van der Waals surface area contributed by atoms with Crippen LogP contribution in [0.3, 0.4) is 0 Å². The van der Waals surface area contributed by atoms with Gasteiger partial charge in [-0.15, -0.1) is 0 Å². The molecule has 0 spiro atoms. The number of carbonyl (C=O) groups is 1. The minimum absolute atomic E-state index is 0.0979. The van der Waals surface area contributed by atoms with E-state index in [1.807, 2.05) is 0 Å². The van der Waals surface area contributed by atoms with Gasteiger partial charge < -0.3 is 24.4 Å². The molecule has 1 aromatic heterocycles. The molecular formula is C16H21N5O4. The fourth-order valence-electron chi connectivity index (χ4n) is 2.89. The standard InChI is InChI=1S/C16H21N5O4/c1-23-13-8-11(9-14(24-2)15(13)25-3)19-16(22)20-7-4-12(10-20)21-17-5-6-18-21/h5-6,8-9,12H,4,7,10H2,1-3H3,(H,19,22). The van der Waals surface area contributed by atoms with E-state index in [1.54, 1.807) is 34.2 Å². The number of rotatable bonds is 5. The maximum absolute atomic E-state index is 12.5. The Morgan fingerprint density at radius 3 is 2.32 bits per heavy atom. The second-order valence-corrected chi connectivity index (χ2v) is 5.58. The quantitative estimate of drug-likeness (QED) is 0.887. The van der Waals surface area contributed by atoms with Crippen LogP contribution in [0.25, 0.3) is 0 Å². The summed E-state index contributed by atoms with van der Waals surface area (Å²) < 4.78 is 15.9. The molecule has 2 heterocycles. The van der Waals surface area contributed by atoms with Crippen LogP contribution in [0.4, 0.5) is 10.5 Å². The van der Waals surface area contributed by atoms with Crippen molar-refractivity contribution in [2.45, 2.75) is 12.5 Å². The van der Waals surface area contributed by atoms with Crippen LogP contribution in [0, 0.1) is 0 Å². The zero-order chi connectivity index (χ0) is 17.8. The third kappa shape index (κ3) is 3.44. The third-order valence-corrected chi connectivity index (χ3v) is 4.13. The summed E-state index contributed by atoms with van der Waals surface area (Å²) in [5.74, 6) is 1.45. The molecule has 1 saturated heterocycles. The minimum atomic E-state index is -0.191. The highest BCUT2D eigenvalue weighted by atomic mass is 16.5. The number of benzene rings is 1. The normalized spacial score (nSPS) is 16.6. The number of urea groups is 1. The average molecular weight is 347 g/mol. The van der Waals surface area contributed by atoms with Gasteiger partial charge in [0.1, 0.15) is 0 Å². The highest BCUT2D eigenvalue weighted by molar-refractivity contribution is 5.90. The van der Waals surface area contributed by atoms with E-state index >= 15 is 0 Å². The van der Waals surface area contributed by atoms with Crippen LogP contribution >= 0.6 is 0 Å². The third-order valence-electron chi connectivity index (χ3n) is 4.13. The van der Waals surface area contributed by atoms with E-state index in [2.05, 4.69) is 15.5 Å². The second kappa shape index (κ2) is 7.29. The predicted octanol–water partition coefficient (Wildman–Crippen LogP) is 1.78. The zero-order valence-corrected chi connectivity index (χ0v) is 14.4. The molecule has 134 valence electrons. The lowest BCUT2D eigenvalue weighted by Gasteiger charge is -2.19. The van der Waals surface area contributed by atoms with Gasteiger partial charge in [-0.1, -0.05) is 0 Å². The van der Waals surface area contributed by atoms with E-state index in [0.29, 0.717) is 36.0 Å². The molecule has 25 heavy (non-hydrogen) atoms. The molecule has 1 fully saturated rings. The van der Waals surface area contributed by atoms with Crippen LogP contribution in [-0.2, 0) is 0 Å². The minimum Gasteiger partial charge on any atom is -0.493 e. The first kappa shape index (κ1) is 16.9. The van der Waals surface area contributed by atoms with E-state index in [1.165, 1.54) is 21.3 Å². The molecule has 1 atom stereocenters. The number of carbonyl (C=O) groups excluding carboxylic acids is 1. The van der Waals surface area contributed by atoms with Crippen LogP contribution in [0.1, 0.15) is 12.5 Å². The number of nitrogens with one attached hydrogen (secondary N) is 1. The molecule has 2 amide bonds. The van der Waals surface area contributed by atoms with Crippen molar-refractivity contribution in [2.24, 2.45) is 0 Å². The van der Waals surface area contributed by atoms with E-state index in [-0.39, 0.29) is 12.1 Å². The summed E-state index contributed by atoms with van der Waals surface area (Å²) in [6.45, 7) is 1.20. The molecule has 3 rings (SSSR count). The van der Waals surface area contributed by atoms with Crippen molar-refractivity contribution in [1.29, 1.82) is 0 Å². The predicted molar refractivity (Wildman–Crippen MR) is 90.4 cm³/mol. The highest BCUT2D eigenvalue weighted by Crippen LogP contribution is 2.40. The van der Waals surface area contributed by atoms with Crippen LogP contribution in [0.15, 0.2) is 24.5 Å². The van der Waals surface area contributed by atoms with Gasteiger partial charge in [-0.05, 0) is 6.42 Å². The summed E-state index contributed by atoms with van der Waals surface area (Å²) in [7, 11) is 4.60. The molecule has 0 radical (unpaired) electrons. The molecule has 9 nitrogen and oxygen atoms in total. The summed E-state index contributed by atoms with van der Waals surface area (Å²) >= 11 is 0. The van der Waals surface area contributed by atoms with E-state index in [9.17, 15) is 4.79 Å². The van der Waals surface area contributed by atoms with E-state index in [4.69, 9.17) is 14.2 Å². The van der Waals surface area contributed by atoms with Gasteiger partial charge in [0.15, 0.2) is 11.5 Å². The van der Waals surface area contributed by atoms with Crippen molar-refractivity contribution in [3.05, 3.63) is 24.5 Å². The molecule has 0 saturated carbocycles. The van der Waals surface area contributed by atoms with Gasteiger partial charge in [-0.25, -0.2) is 4.79 Å². The average Bonchev–Trinajstić information content (AvgIpc) is 3.31. The monoisotopic (exact) mass is 347 g/mol. The van der Waals surface area contributed by atoms with Gasteiger partial charge in [0.25, 0.3) is 0 Å². The molecule has 2 aromatic rings. The largest absolute Gasteiger partial charge is 0.493 e. The smallest absolute Gasteiger partial charge is 0.321 e. The van der Waals surface area contributed by atoms with Gasteiger partial charge in [-0.3, -0.25) is 0 Å². The van der Waals surface area contributed by atoms with Crippen molar-refractivity contribution in [2.75, 3.05) is 39.7 Å². The molecule has 1 aliphatic rings. The van der Waals surface area contributed by atoms with Crippen LogP contribution in [0.2, 0.25) is 0 Å². The van der Waals surface area contributed by atoms with Crippen molar-refractivity contribution >= 4 is 11.7 Å². The summed E-state index contributed by atoms with van der Waals surface area (Å²) in [6.07, 6.45) is 4.09. The molecule has 1 unspecified atom stereocenters. The van der Waals surface area contributed by atoms with Crippen molar-refractivity contribution in [1.82, 2.24) is 19.9 Å². The van der Waals surface area contributed by atoms with Gasteiger partial charge in [0, 0.05) is 25.2 Å². The van der Waals surface area contributed by atoms with Gasteiger partial charge in [-0.2, -0.15) is 15.0 Å². The first-order valence-electron chi connectivity index (χ1n) is 7.88. The number of likely N-dealkylation sites (tertiary alicyclic amines) is 1. The lowest BCUT2D eigenvalue weighted by molar-refractivity contribution is 0.220. The van der Waals surface area contributed by atoms with Gasteiger partial charge in [0.2, 0.25) is 5.75 Å². The Hall–Kier alpha value is -2.97. The Morgan fingerprint density at radius 2 is 1.76 bits per heavy atom. The second-order valence-electron chi connectivity index (χ2n) is 5.58. The Bertz CT molecular complexity index is 709. The fraction of sp³-hybridized carbons (Fsp3) is 0.438. The molecule has 9 heteroatoms. The number of amides is 2. The van der Waals surface area contributed by atoms with Crippen LogP contribution in [0.5, 0.6) is 17.2 Å². The fourth-order valence-corrected chi connectivity index (χ4v) is 2.89. The summed E-state index contributed by atoms with van der Waals surface area (Å²) in [5, 5.41) is 11.2. The summed E-state index contributed by atoms with van der Waals surface area (Å²) in [5.41, 5.74) is 0.570. The molecule has 0 aliphatic carbocycles. The Balaban J connectivity index is 1.71. The van der Waals surface area contributed by atoms with Crippen molar-refractivity contribution in [3.63, 3.8) is 0 Å². The number of hydrogen-bond donors (Lipinski definition) is 1. The lowest BCUT2D eigenvalue weighted by Crippen LogP contribution is -2.33. The molecule has 1 N–H and O–H groups in total. The number of aromatic nitrogens is 3. The number of methoxy groups -OCH3 is 3. The Kier molecular flexibility index (Phi) is 4.92. The number of anilines is 1. The highest BCUT2D eigenvalue weighted by Gasteiger charge is 2.28. The Morgan fingerprint density at radius 1 is 1.12 bits per heavy atom. The number of hydrogen-bond acceptors (Lipinski definition) is 6. The topological polar surface area (TPSA) is 90.7 Å². The lowest BCUT2D eigenvalue weighted by atomic mass is 10.2. The number of nitrogens with zero attached hydrogens (tertiary/aromatic N) is 4. The zero-order valence-electron chi connectivity index (χ0n) is 14.4. The van der Waals surface area contributed by atoms with Crippen LogP contribution in [-0.4, -0.2) is 60.3 Å². The van der Waals surface area contributed by atoms with Gasteiger partial charge in [0.05, 0.1) is 45.5 Å². The van der Waals surface area contributed by atoms with Crippen LogP contribution < -0.4 is 19.5 Å². The van der Waals surface area contributed by atoms with Gasteiger partial charge >= 0.3 is 6.03 Å². The van der Waals surface area contributed by atoms with Crippen molar-refractivity contribution in [3.8, 4) is 17.2 Å². The molecule has 1 aromatic carbocycles. The number of ether oxygens (including phenoxy) is 3. The molecule has 0 bridgehead atoms. The molecule has 1 aliphatic heterocycles. The summed E-state index contributed by atoms with van der Waals surface area (Å²) in [6, 6.07) is 3.30. The first-order valence-corrected chi connectivity index (χ1v) is 7.88. The van der Waals surface area contributed by atoms with E-state index < -0.39 is 0 Å².